The third-order valence-corrected chi connectivity index (χ3v) is 10.8. The van der Waals surface area contributed by atoms with Crippen molar-refractivity contribution >= 4 is 11.8 Å². The summed E-state index contributed by atoms with van der Waals surface area (Å²) in [5.41, 5.74) is 5.39. The number of fused-ring (bicyclic) bond motifs is 9. The Balaban J connectivity index is 1.22. The standard InChI is InChI=1S/C37H44N4O8/c1-18-13-22-14-25-37(46)41-24(30(40(25)4)28(22)32(44)33(18)47-5)15-23-29(35-34(48-17-49-35)19(2)31(23)43)26(41)16-38-36(45)20(3)39-27(42)12-11-21-9-7-6-8-10-21/h6-10,13,20,24-26,30,37,43-44,46H,11-12,14-17H2,1-5H3,(H,38,45)(H,39,42)/t20-,24?,25?,26-,30+,37-/m0/s1. The van der Waals surface area contributed by atoms with E-state index < -0.39 is 24.4 Å². The molecule has 5 N–H and O–H groups in total. The second-order valence-electron chi connectivity index (χ2n) is 13.6. The molecule has 3 aromatic rings. The van der Waals surface area contributed by atoms with Gasteiger partial charge >= 0.3 is 0 Å². The fraction of sp³-hybridized carbons (Fsp3) is 0.459. The molecule has 2 unspecified atom stereocenters. The topological polar surface area (TPSA) is 153 Å². The van der Waals surface area contributed by atoms with Crippen molar-refractivity contribution in [2.75, 3.05) is 27.5 Å². The van der Waals surface area contributed by atoms with Crippen molar-refractivity contribution in [1.29, 1.82) is 0 Å². The third kappa shape index (κ3) is 5.42. The van der Waals surface area contributed by atoms with Crippen molar-refractivity contribution in [1.82, 2.24) is 20.4 Å². The van der Waals surface area contributed by atoms with E-state index in [0.717, 1.165) is 22.3 Å². The van der Waals surface area contributed by atoms with Crippen molar-refractivity contribution in [3.63, 3.8) is 0 Å². The highest BCUT2D eigenvalue weighted by Crippen LogP contribution is 2.57. The predicted molar refractivity (Wildman–Crippen MR) is 180 cm³/mol. The number of nitrogens with one attached hydrogen (secondary N) is 2. The summed E-state index contributed by atoms with van der Waals surface area (Å²) in [7, 11) is 3.48. The van der Waals surface area contributed by atoms with Crippen LogP contribution in [0.15, 0.2) is 36.4 Å². The number of benzene rings is 3. The molecule has 0 aromatic heterocycles. The summed E-state index contributed by atoms with van der Waals surface area (Å²) in [6.07, 6.45) is 0.669. The maximum atomic E-state index is 13.5. The number of methoxy groups -OCH3 is 1. The largest absolute Gasteiger partial charge is 0.507 e. The second-order valence-corrected chi connectivity index (χ2v) is 13.6. The monoisotopic (exact) mass is 672 g/mol. The van der Waals surface area contributed by atoms with Crippen LogP contribution in [0.1, 0.15) is 64.4 Å². The summed E-state index contributed by atoms with van der Waals surface area (Å²) in [6.45, 7) is 5.35. The number of hydrogen-bond acceptors (Lipinski definition) is 10. The van der Waals surface area contributed by atoms with E-state index in [1.54, 1.807) is 13.8 Å². The lowest BCUT2D eigenvalue weighted by atomic mass is 9.73. The maximum absolute atomic E-state index is 13.5. The Hall–Kier alpha value is -4.52. The number of ether oxygens (including phenoxy) is 3. The first kappa shape index (κ1) is 33.0. The Bertz CT molecular complexity index is 1800. The van der Waals surface area contributed by atoms with Crippen molar-refractivity contribution < 1.29 is 39.1 Å². The number of aliphatic hydroxyl groups is 1. The molecule has 0 aliphatic carbocycles. The van der Waals surface area contributed by atoms with Crippen LogP contribution in [0.5, 0.6) is 28.7 Å². The van der Waals surface area contributed by atoms with E-state index in [9.17, 15) is 24.9 Å². The van der Waals surface area contributed by atoms with Gasteiger partial charge in [0, 0.05) is 41.3 Å². The van der Waals surface area contributed by atoms with E-state index in [1.807, 2.05) is 55.3 Å². The van der Waals surface area contributed by atoms with E-state index in [2.05, 4.69) is 15.5 Å². The molecule has 3 aromatic carbocycles. The Morgan fingerprint density at radius 1 is 1.04 bits per heavy atom. The number of rotatable bonds is 8. The van der Waals surface area contributed by atoms with Gasteiger partial charge in [-0.15, -0.1) is 0 Å². The Morgan fingerprint density at radius 2 is 1.78 bits per heavy atom. The van der Waals surface area contributed by atoms with Gasteiger partial charge < -0.3 is 40.2 Å². The molecule has 2 bridgehead atoms. The van der Waals surface area contributed by atoms with Crippen LogP contribution in [0.2, 0.25) is 0 Å². The number of carbonyl (C=O) groups excluding carboxylic acids is 2. The number of hydrogen-bond donors (Lipinski definition) is 5. The van der Waals surface area contributed by atoms with Gasteiger partial charge in [0.1, 0.15) is 18.0 Å². The van der Waals surface area contributed by atoms with E-state index in [-0.39, 0.29) is 55.2 Å². The number of likely N-dealkylation sites (N-methyl/N-ethyl adjacent to an activating group) is 1. The van der Waals surface area contributed by atoms with E-state index >= 15 is 0 Å². The molecule has 0 saturated carbocycles. The number of phenolic OH excluding ortho intramolecular Hbond substituents is 2. The van der Waals surface area contributed by atoms with Gasteiger partial charge in [-0.2, -0.15) is 0 Å². The Labute approximate surface area is 285 Å². The van der Waals surface area contributed by atoms with Crippen LogP contribution in [0, 0.1) is 13.8 Å². The molecule has 4 heterocycles. The van der Waals surface area contributed by atoms with E-state index in [1.165, 1.54) is 7.11 Å². The van der Waals surface area contributed by atoms with Gasteiger partial charge in [-0.05, 0) is 63.8 Å². The van der Waals surface area contributed by atoms with Gasteiger partial charge in [0.2, 0.25) is 18.6 Å². The molecule has 0 spiro atoms. The first-order valence-corrected chi connectivity index (χ1v) is 16.8. The Morgan fingerprint density at radius 3 is 2.51 bits per heavy atom. The number of phenols is 2. The molecular formula is C37H44N4O8. The molecule has 4 aliphatic heterocycles. The lowest BCUT2D eigenvalue weighted by Crippen LogP contribution is -2.69. The highest BCUT2D eigenvalue weighted by molar-refractivity contribution is 5.87. The minimum Gasteiger partial charge on any atom is -0.507 e. The first-order chi connectivity index (χ1) is 23.5. The highest BCUT2D eigenvalue weighted by atomic mass is 16.7. The van der Waals surface area contributed by atoms with Crippen molar-refractivity contribution in [2.45, 2.75) is 82.9 Å². The van der Waals surface area contributed by atoms with Crippen LogP contribution in [0.3, 0.4) is 0 Å². The van der Waals surface area contributed by atoms with Gasteiger partial charge in [-0.25, -0.2) is 0 Å². The molecule has 1 fully saturated rings. The number of aromatic hydroxyl groups is 2. The summed E-state index contributed by atoms with van der Waals surface area (Å²) < 4.78 is 17.4. The van der Waals surface area contributed by atoms with Gasteiger partial charge in [0.25, 0.3) is 0 Å². The SMILES string of the molecule is COc1c(C)cc2c(c1O)[C@H]1C3Cc4c(O)c(C)c5c(c4[C@H](CNC(=O)[C@H](C)NC(=O)CCc4ccccc4)N3[C@@H](O)C(C2)N1C)OCO5. The summed E-state index contributed by atoms with van der Waals surface area (Å²) in [5.74, 6) is 0.876. The minimum atomic E-state index is -0.962. The average Bonchev–Trinajstić information content (AvgIpc) is 3.58. The highest BCUT2D eigenvalue weighted by Gasteiger charge is 2.56. The normalized spacial score (nSPS) is 24.3. The predicted octanol–water partition coefficient (Wildman–Crippen LogP) is 2.90. The fourth-order valence-corrected chi connectivity index (χ4v) is 8.48. The third-order valence-electron chi connectivity index (χ3n) is 10.8. The molecule has 49 heavy (non-hydrogen) atoms. The van der Waals surface area contributed by atoms with Crippen LogP contribution in [0.25, 0.3) is 0 Å². The number of nitrogens with zero attached hydrogens (tertiary/aromatic N) is 2. The number of amides is 2. The summed E-state index contributed by atoms with van der Waals surface area (Å²) in [5, 5.41) is 41.2. The van der Waals surface area contributed by atoms with Gasteiger partial charge in [0.15, 0.2) is 23.0 Å². The zero-order valence-electron chi connectivity index (χ0n) is 28.4. The van der Waals surface area contributed by atoms with Crippen molar-refractivity contribution in [3.8, 4) is 28.7 Å². The van der Waals surface area contributed by atoms with Crippen molar-refractivity contribution in [3.05, 3.63) is 75.3 Å². The molecule has 0 radical (unpaired) electrons. The van der Waals surface area contributed by atoms with Gasteiger partial charge in [0.05, 0.1) is 25.2 Å². The molecule has 260 valence electrons. The molecular weight excluding hydrogens is 628 g/mol. The first-order valence-electron chi connectivity index (χ1n) is 16.8. The summed E-state index contributed by atoms with van der Waals surface area (Å²) in [4.78, 5) is 30.3. The number of piperazine rings is 1. The lowest BCUT2D eigenvalue weighted by molar-refractivity contribution is -0.172. The zero-order chi connectivity index (χ0) is 34.7. The van der Waals surface area contributed by atoms with Crippen LogP contribution in [-0.2, 0) is 28.9 Å². The summed E-state index contributed by atoms with van der Waals surface area (Å²) in [6, 6.07) is 9.16. The number of aliphatic hydroxyl groups excluding tert-OH is 1. The quantitative estimate of drug-likeness (QED) is 0.242. The van der Waals surface area contributed by atoms with Gasteiger partial charge in [-0.1, -0.05) is 36.4 Å². The van der Waals surface area contributed by atoms with E-state index in [4.69, 9.17) is 14.2 Å². The molecule has 4 aliphatic rings. The molecule has 12 nitrogen and oxygen atoms in total. The lowest BCUT2D eigenvalue weighted by Gasteiger charge is -2.60. The molecule has 1 saturated heterocycles. The van der Waals surface area contributed by atoms with Crippen LogP contribution in [0.4, 0.5) is 0 Å². The molecule has 12 heteroatoms. The Kier molecular flexibility index (Phi) is 8.58. The van der Waals surface area contributed by atoms with E-state index in [0.29, 0.717) is 53.2 Å². The fourth-order valence-electron chi connectivity index (χ4n) is 8.48. The second kappa shape index (κ2) is 12.7. The molecule has 2 amide bonds. The number of carbonyl (C=O) groups is 2. The molecule has 6 atom stereocenters. The van der Waals surface area contributed by atoms with Crippen LogP contribution >= 0.6 is 0 Å². The van der Waals surface area contributed by atoms with Crippen molar-refractivity contribution in [2.24, 2.45) is 0 Å². The summed E-state index contributed by atoms with van der Waals surface area (Å²) >= 11 is 0. The van der Waals surface area contributed by atoms with Crippen LogP contribution < -0.4 is 24.8 Å². The zero-order valence-corrected chi connectivity index (χ0v) is 28.4. The molecule has 7 rings (SSSR count). The minimum absolute atomic E-state index is 0.0163. The number of aryl methyl sites for hydroxylation is 2. The maximum Gasteiger partial charge on any atom is 0.242 e. The van der Waals surface area contributed by atoms with Crippen LogP contribution in [-0.4, -0.2) is 88.8 Å². The van der Waals surface area contributed by atoms with Gasteiger partial charge in [-0.3, -0.25) is 19.4 Å². The average molecular weight is 673 g/mol. The smallest absolute Gasteiger partial charge is 0.242 e.